The van der Waals surface area contributed by atoms with Crippen molar-refractivity contribution in [2.75, 3.05) is 6.61 Å². The van der Waals surface area contributed by atoms with E-state index in [2.05, 4.69) is 0 Å². The molecule has 136 valence electrons. The second kappa shape index (κ2) is 5.02. The lowest BCUT2D eigenvalue weighted by Crippen LogP contribution is -2.64. The van der Waals surface area contributed by atoms with Crippen molar-refractivity contribution < 1.29 is 28.9 Å². The topological polar surface area (TPSA) is 85.4 Å². The van der Waals surface area contributed by atoms with Crippen LogP contribution in [-0.2, 0) is 23.8 Å². The van der Waals surface area contributed by atoms with Gasteiger partial charge < -0.3 is 19.3 Å². The van der Waals surface area contributed by atoms with Crippen LogP contribution in [0.2, 0.25) is 0 Å². The van der Waals surface area contributed by atoms with Crippen LogP contribution in [0, 0.1) is 10.8 Å². The Labute approximate surface area is 146 Å². The number of epoxide rings is 1. The molecule has 0 aromatic heterocycles. The predicted molar refractivity (Wildman–Crippen MR) is 87.6 cm³/mol. The monoisotopic (exact) mass is 348 g/mol. The number of aliphatic hydroxyl groups is 1. The summed E-state index contributed by atoms with van der Waals surface area (Å²) in [5.74, 6) is -0.456. The average molecular weight is 348 g/mol. The number of ketones is 1. The van der Waals surface area contributed by atoms with E-state index in [0.29, 0.717) is 12.2 Å². The van der Waals surface area contributed by atoms with Crippen molar-refractivity contribution in [2.24, 2.45) is 10.8 Å². The van der Waals surface area contributed by atoms with Crippen LogP contribution in [-0.4, -0.2) is 53.5 Å². The van der Waals surface area contributed by atoms with E-state index in [0.717, 1.165) is 0 Å². The first-order valence-corrected chi connectivity index (χ1v) is 8.74. The zero-order valence-electron chi connectivity index (χ0n) is 14.9. The lowest BCUT2D eigenvalue weighted by molar-refractivity contribution is -0.209. The van der Waals surface area contributed by atoms with Crippen LogP contribution in [0.15, 0.2) is 23.8 Å². The number of carbonyl (C=O) groups excluding carboxylic acids is 2. The molecule has 3 fully saturated rings. The van der Waals surface area contributed by atoms with Gasteiger partial charge in [-0.25, -0.2) is 4.79 Å². The molecule has 2 heterocycles. The average Bonchev–Trinajstić information content (AvgIpc) is 3.32. The molecule has 7 atom stereocenters. The second-order valence-corrected chi connectivity index (χ2v) is 8.07. The summed E-state index contributed by atoms with van der Waals surface area (Å²) in [4.78, 5) is 24.6. The first-order chi connectivity index (χ1) is 11.7. The van der Waals surface area contributed by atoms with Gasteiger partial charge in [0.05, 0.1) is 12.7 Å². The van der Waals surface area contributed by atoms with E-state index in [9.17, 15) is 14.7 Å². The highest BCUT2D eigenvalue weighted by Crippen LogP contribution is 2.71. The molecule has 2 aliphatic carbocycles. The number of hydrogen-bond acceptors (Lipinski definition) is 6. The standard InChI is InChI=1S/C19H24O6/c1-5-6-13(21)25-15-14(22)16-19(9-23-19)18(15,4)17(3)8-11(20)10(2)7-12(17)24-16/h5-7,12,14-16,22H,8-9H2,1-4H3/t12-,14-,15-,16-,17+,18-,19+/m1/s1. The van der Waals surface area contributed by atoms with E-state index in [1.54, 1.807) is 19.9 Å². The van der Waals surface area contributed by atoms with Crippen molar-refractivity contribution in [3.8, 4) is 0 Å². The van der Waals surface area contributed by atoms with Gasteiger partial charge in [-0.05, 0) is 25.5 Å². The molecule has 2 saturated heterocycles. The van der Waals surface area contributed by atoms with Crippen LogP contribution < -0.4 is 0 Å². The van der Waals surface area contributed by atoms with Gasteiger partial charge in [0.2, 0.25) is 0 Å². The number of ether oxygens (including phenoxy) is 3. The Bertz CT molecular complexity index is 705. The highest BCUT2D eigenvalue weighted by molar-refractivity contribution is 5.96. The van der Waals surface area contributed by atoms with Crippen molar-refractivity contribution in [3.05, 3.63) is 23.8 Å². The second-order valence-electron chi connectivity index (χ2n) is 8.07. The fourth-order valence-corrected chi connectivity index (χ4v) is 5.25. The highest BCUT2D eigenvalue weighted by atomic mass is 16.6. The van der Waals surface area contributed by atoms with Gasteiger partial charge in [-0.1, -0.05) is 19.9 Å². The largest absolute Gasteiger partial charge is 0.456 e. The minimum atomic E-state index is -0.993. The number of Topliss-reactive ketones (excluding diaryl/α,β-unsaturated/α-hetero) is 1. The molecule has 0 unspecified atom stereocenters. The van der Waals surface area contributed by atoms with Crippen molar-refractivity contribution in [3.63, 3.8) is 0 Å². The van der Waals surface area contributed by atoms with E-state index in [1.165, 1.54) is 6.08 Å². The van der Waals surface area contributed by atoms with Crippen molar-refractivity contribution in [2.45, 2.75) is 64.1 Å². The molecule has 6 nitrogen and oxygen atoms in total. The van der Waals surface area contributed by atoms with Crippen LogP contribution in [0.25, 0.3) is 0 Å². The van der Waals surface area contributed by atoms with Gasteiger partial charge in [0.1, 0.15) is 23.9 Å². The molecule has 0 aromatic carbocycles. The van der Waals surface area contributed by atoms with Crippen LogP contribution >= 0.6 is 0 Å². The maximum atomic E-state index is 12.5. The summed E-state index contributed by atoms with van der Waals surface area (Å²) in [7, 11) is 0. The lowest BCUT2D eigenvalue weighted by Gasteiger charge is -2.56. The Balaban J connectivity index is 1.82. The van der Waals surface area contributed by atoms with E-state index in [1.807, 2.05) is 19.9 Å². The molecule has 4 rings (SSSR count). The summed E-state index contributed by atoms with van der Waals surface area (Å²) < 4.78 is 17.7. The molecule has 1 N–H and O–H groups in total. The Morgan fingerprint density at radius 1 is 1.44 bits per heavy atom. The van der Waals surface area contributed by atoms with Crippen molar-refractivity contribution >= 4 is 11.8 Å². The minimum absolute atomic E-state index is 0.0535. The normalized spacial score (nSPS) is 50.8. The molecule has 0 radical (unpaired) electrons. The molecule has 25 heavy (non-hydrogen) atoms. The van der Waals surface area contributed by atoms with Crippen LogP contribution in [0.5, 0.6) is 0 Å². The third-order valence-electron chi connectivity index (χ3n) is 7.01. The smallest absolute Gasteiger partial charge is 0.330 e. The third-order valence-corrected chi connectivity index (χ3v) is 7.01. The molecule has 2 aliphatic heterocycles. The Hall–Kier alpha value is -1.50. The number of hydrogen-bond donors (Lipinski definition) is 1. The number of rotatable bonds is 2. The number of aliphatic hydroxyl groups excluding tert-OH is 1. The van der Waals surface area contributed by atoms with Gasteiger partial charge in [-0.2, -0.15) is 0 Å². The van der Waals surface area contributed by atoms with Crippen molar-refractivity contribution in [1.29, 1.82) is 0 Å². The quantitative estimate of drug-likeness (QED) is 0.460. The summed E-state index contributed by atoms with van der Waals surface area (Å²) in [5, 5.41) is 10.9. The molecule has 1 saturated carbocycles. The summed E-state index contributed by atoms with van der Waals surface area (Å²) in [5.41, 5.74) is -1.39. The highest BCUT2D eigenvalue weighted by Gasteiger charge is 2.84. The maximum absolute atomic E-state index is 12.5. The Morgan fingerprint density at radius 2 is 2.12 bits per heavy atom. The van der Waals surface area contributed by atoms with Gasteiger partial charge in [0.15, 0.2) is 5.78 Å². The predicted octanol–water partition coefficient (Wildman–Crippen LogP) is 1.32. The Morgan fingerprint density at radius 3 is 2.72 bits per heavy atom. The van der Waals surface area contributed by atoms with E-state index >= 15 is 0 Å². The zero-order chi connectivity index (χ0) is 18.2. The van der Waals surface area contributed by atoms with Gasteiger partial charge in [-0.3, -0.25) is 4.79 Å². The van der Waals surface area contributed by atoms with E-state index in [4.69, 9.17) is 14.2 Å². The number of fused-ring (bicyclic) bond motifs is 2. The van der Waals surface area contributed by atoms with Crippen LogP contribution in [0.1, 0.15) is 34.1 Å². The Kier molecular flexibility index (Phi) is 3.40. The third kappa shape index (κ3) is 1.85. The van der Waals surface area contributed by atoms with Gasteiger partial charge in [-0.15, -0.1) is 0 Å². The molecule has 0 aromatic rings. The molecular formula is C19H24O6. The first kappa shape index (κ1) is 16.9. The molecular weight excluding hydrogens is 324 g/mol. The summed E-state index contributed by atoms with van der Waals surface area (Å²) in [6, 6.07) is 0. The maximum Gasteiger partial charge on any atom is 0.330 e. The summed E-state index contributed by atoms with van der Waals surface area (Å²) in [6.07, 6.45) is 2.36. The van der Waals surface area contributed by atoms with Gasteiger partial charge in [0, 0.05) is 23.3 Å². The van der Waals surface area contributed by atoms with Crippen molar-refractivity contribution in [1.82, 2.24) is 0 Å². The van der Waals surface area contributed by atoms with Gasteiger partial charge in [0.25, 0.3) is 0 Å². The van der Waals surface area contributed by atoms with Gasteiger partial charge >= 0.3 is 5.97 Å². The van der Waals surface area contributed by atoms with E-state index < -0.39 is 40.7 Å². The van der Waals surface area contributed by atoms with Crippen LogP contribution in [0.3, 0.4) is 0 Å². The first-order valence-electron chi connectivity index (χ1n) is 8.74. The molecule has 6 heteroatoms. The number of allylic oxidation sites excluding steroid dienone is 2. The SMILES string of the molecule is CC=CC(=O)O[C@@H]1[C@@H](O)[C@H]2O[C@@H]3C=C(C)C(=O)C[C@]3(C)[C@]1(C)[C@]21CO1. The lowest BCUT2D eigenvalue weighted by atomic mass is 9.52. The van der Waals surface area contributed by atoms with E-state index in [-0.39, 0.29) is 18.3 Å². The molecule has 2 bridgehead atoms. The zero-order valence-corrected chi connectivity index (χ0v) is 14.9. The molecule has 4 aliphatic rings. The summed E-state index contributed by atoms with van der Waals surface area (Å²) >= 11 is 0. The minimum Gasteiger partial charge on any atom is -0.456 e. The molecule has 1 spiro atoms. The van der Waals surface area contributed by atoms with Crippen LogP contribution in [0.4, 0.5) is 0 Å². The fourth-order valence-electron chi connectivity index (χ4n) is 5.25. The number of esters is 1. The summed E-state index contributed by atoms with van der Waals surface area (Å²) in [6.45, 7) is 7.89. The molecule has 0 amide bonds. The fraction of sp³-hybridized carbons (Fsp3) is 0.684. The number of carbonyl (C=O) groups is 2.